The van der Waals surface area contributed by atoms with Gasteiger partial charge in [-0.05, 0) is 43.5 Å². The molecule has 3 rings (SSSR count). The van der Waals surface area contributed by atoms with E-state index in [-0.39, 0.29) is 5.82 Å². The normalized spacial score (nSPS) is 19.0. The highest BCUT2D eigenvalue weighted by Crippen LogP contribution is 2.34. The van der Waals surface area contributed by atoms with Crippen LogP contribution in [0, 0.1) is 5.82 Å². The standard InChI is InChI=1S/C17H21ClFN3/c1-3-15-14(17(18)21(2)20-15)11-22-10-4-5-16(22)12-6-8-13(19)9-7-12/h6-9,16H,3-5,10-11H2,1-2H3/t16-/m1/s1. The van der Waals surface area contributed by atoms with E-state index in [0.717, 1.165) is 48.8 Å². The van der Waals surface area contributed by atoms with Gasteiger partial charge in [-0.25, -0.2) is 4.39 Å². The summed E-state index contributed by atoms with van der Waals surface area (Å²) in [6.45, 7) is 3.94. The third-order valence-electron chi connectivity index (χ3n) is 4.47. The molecule has 0 spiro atoms. The molecule has 1 saturated heterocycles. The molecule has 1 aliphatic rings. The summed E-state index contributed by atoms with van der Waals surface area (Å²) in [6, 6.07) is 7.20. The van der Waals surface area contributed by atoms with Gasteiger partial charge in [0.1, 0.15) is 11.0 Å². The molecule has 3 nitrogen and oxygen atoms in total. The quantitative estimate of drug-likeness (QED) is 0.845. The molecule has 0 aliphatic carbocycles. The Kier molecular flexibility index (Phi) is 4.50. The Bertz CT molecular complexity index is 651. The summed E-state index contributed by atoms with van der Waals surface area (Å²) in [5, 5.41) is 5.21. The highest BCUT2D eigenvalue weighted by Gasteiger charge is 2.28. The molecule has 0 bridgehead atoms. The van der Waals surface area contributed by atoms with Gasteiger partial charge in [-0.1, -0.05) is 30.7 Å². The molecular formula is C17H21ClFN3. The van der Waals surface area contributed by atoms with E-state index in [1.165, 1.54) is 5.56 Å². The van der Waals surface area contributed by atoms with Crippen molar-refractivity contribution in [1.82, 2.24) is 14.7 Å². The lowest BCUT2D eigenvalue weighted by Crippen LogP contribution is -2.23. The van der Waals surface area contributed by atoms with Crippen LogP contribution in [0.15, 0.2) is 24.3 Å². The molecule has 1 aliphatic heterocycles. The number of likely N-dealkylation sites (tertiary alicyclic amines) is 1. The molecular weight excluding hydrogens is 301 g/mol. The highest BCUT2D eigenvalue weighted by atomic mass is 35.5. The van der Waals surface area contributed by atoms with Crippen molar-refractivity contribution < 1.29 is 4.39 Å². The van der Waals surface area contributed by atoms with Crippen LogP contribution in [-0.4, -0.2) is 21.2 Å². The maximum atomic E-state index is 13.1. The zero-order valence-electron chi connectivity index (χ0n) is 13.0. The molecule has 2 heterocycles. The van der Waals surface area contributed by atoms with Gasteiger partial charge in [-0.15, -0.1) is 0 Å². The highest BCUT2D eigenvalue weighted by molar-refractivity contribution is 6.30. The van der Waals surface area contributed by atoms with Crippen molar-refractivity contribution in [2.75, 3.05) is 6.54 Å². The van der Waals surface area contributed by atoms with Crippen LogP contribution < -0.4 is 0 Å². The van der Waals surface area contributed by atoms with Crippen LogP contribution in [0.25, 0.3) is 0 Å². The first-order chi connectivity index (χ1) is 10.6. The maximum Gasteiger partial charge on any atom is 0.131 e. The minimum Gasteiger partial charge on any atom is -0.292 e. The first-order valence-electron chi connectivity index (χ1n) is 7.80. The largest absolute Gasteiger partial charge is 0.292 e. The predicted octanol–water partition coefficient (Wildman–Crippen LogP) is 4.11. The molecule has 118 valence electrons. The molecule has 0 N–H and O–H groups in total. The number of aryl methyl sites for hydroxylation is 2. The van der Waals surface area contributed by atoms with Gasteiger partial charge in [0, 0.05) is 25.2 Å². The Labute approximate surface area is 135 Å². The lowest BCUT2D eigenvalue weighted by Gasteiger charge is -2.25. The van der Waals surface area contributed by atoms with E-state index < -0.39 is 0 Å². The number of halogens is 2. The minimum atomic E-state index is -0.183. The maximum absolute atomic E-state index is 13.1. The molecule has 0 saturated carbocycles. The smallest absolute Gasteiger partial charge is 0.131 e. The van der Waals surface area contributed by atoms with Gasteiger partial charge in [0.25, 0.3) is 0 Å². The first-order valence-corrected chi connectivity index (χ1v) is 8.17. The second-order valence-electron chi connectivity index (χ2n) is 5.87. The van der Waals surface area contributed by atoms with E-state index in [0.29, 0.717) is 6.04 Å². The van der Waals surface area contributed by atoms with E-state index in [1.54, 1.807) is 16.8 Å². The monoisotopic (exact) mass is 321 g/mol. The lowest BCUT2D eigenvalue weighted by molar-refractivity contribution is 0.248. The number of rotatable bonds is 4. The van der Waals surface area contributed by atoms with Crippen LogP contribution in [0.5, 0.6) is 0 Å². The average molecular weight is 322 g/mol. The molecule has 0 unspecified atom stereocenters. The number of benzene rings is 1. The van der Waals surface area contributed by atoms with Gasteiger partial charge in [0.05, 0.1) is 5.69 Å². The number of nitrogens with zero attached hydrogens (tertiary/aromatic N) is 3. The molecule has 0 amide bonds. The first kappa shape index (κ1) is 15.5. The van der Waals surface area contributed by atoms with Gasteiger partial charge in [0.15, 0.2) is 0 Å². The van der Waals surface area contributed by atoms with E-state index in [2.05, 4.69) is 16.9 Å². The molecule has 0 radical (unpaired) electrons. The van der Waals surface area contributed by atoms with Crippen LogP contribution in [0.1, 0.15) is 42.6 Å². The second-order valence-corrected chi connectivity index (χ2v) is 6.23. The van der Waals surface area contributed by atoms with Crippen LogP contribution in [0.2, 0.25) is 5.15 Å². The summed E-state index contributed by atoms with van der Waals surface area (Å²) in [7, 11) is 1.88. The fraction of sp³-hybridized carbons (Fsp3) is 0.471. The molecule has 1 aromatic carbocycles. The molecule has 5 heteroatoms. The second kappa shape index (κ2) is 6.39. The van der Waals surface area contributed by atoms with Gasteiger partial charge in [-0.3, -0.25) is 9.58 Å². The fourth-order valence-electron chi connectivity index (χ4n) is 3.32. The number of aromatic nitrogens is 2. The SMILES string of the molecule is CCc1nn(C)c(Cl)c1CN1CCC[C@@H]1c1ccc(F)cc1. The van der Waals surface area contributed by atoms with Gasteiger partial charge < -0.3 is 0 Å². The topological polar surface area (TPSA) is 21.1 Å². The summed E-state index contributed by atoms with van der Waals surface area (Å²) in [4.78, 5) is 2.43. The van der Waals surface area contributed by atoms with Crippen LogP contribution in [0.4, 0.5) is 4.39 Å². The summed E-state index contributed by atoms with van der Waals surface area (Å²) in [5.41, 5.74) is 3.37. The molecule has 2 aromatic rings. The van der Waals surface area contributed by atoms with E-state index >= 15 is 0 Å². The fourth-order valence-corrected chi connectivity index (χ4v) is 3.53. The van der Waals surface area contributed by atoms with Crippen molar-refractivity contribution in [3.8, 4) is 0 Å². The minimum absolute atomic E-state index is 0.183. The van der Waals surface area contributed by atoms with Crippen LogP contribution in [0.3, 0.4) is 0 Å². The predicted molar refractivity (Wildman–Crippen MR) is 86.4 cm³/mol. The summed E-state index contributed by atoms with van der Waals surface area (Å²) in [6.07, 6.45) is 3.14. The summed E-state index contributed by atoms with van der Waals surface area (Å²) in [5.74, 6) is -0.183. The van der Waals surface area contributed by atoms with Crippen molar-refractivity contribution in [3.63, 3.8) is 0 Å². The summed E-state index contributed by atoms with van der Waals surface area (Å²) < 4.78 is 14.9. The molecule has 1 aromatic heterocycles. The molecule has 22 heavy (non-hydrogen) atoms. The Balaban J connectivity index is 1.84. The summed E-state index contributed by atoms with van der Waals surface area (Å²) >= 11 is 6.41. The number of hydrogen-bond donors (Lipinski definition) is 0. The van der Waals surface area contributed by atoms with Crippen molar-refractivity contribution in [2.24, 2.45) is 7.05 Å². The Morgan fingerprint density at radius 2 is 2.05 bits per heavy atom. The van der Waals surface area contributed by atoms with Gasteiger partial charge in [-0.2, -0.15) is 5.10 Å². The van der Waals surface area contributed by atoms with Crippen molar-refractivity contribution in [2.45, 2.75) is 38.8 Å². The third-order valence-corrected chi connectivity index (χ3v) is 4.94. The van der Waals surface area contributed by atoms with E-state index in [4.69, 9.17) is 11.6 Å². The van der Waals surface area contributed by atoms with E-state index in [9.17, 15) is 4.39 Å². The van der Waals surface area contributed by atoms with Crippen LogP contribution in [-0.2, 0) is 20.0 Å². The lowest BCUT2D eigenvalue weighted by atomic mass is 10.0. The van der Waals surface area contributed by atoms with E-state index in [1.807, 2.05) is 19.2 Å². The Hall–Kier alpha value is -1.39. The van der Waals surface area contributed by atoms with Gasteiger partial charge in [0.2, 0.25) is 0 Å². The molecule has 1 atom stereocenters. The van der Waals surface area contributed by atoms with Crippen molar-refractivity contribution in [1.29, 1.82) is 0 Å². The zero-order valence-corrected chi connectivity index (χ0v) is 13.8. The van der Waals surface area contributed by atoms with Gasteiger partial charge >= 0.3 is 0 Å². The van der Waals surface area contributed by atoms with Crippen LogP contribution >= 0.6 is 11.6 Å². The van der Waals surface area contributed by atoms with Crippen molar-refractivity contribution >= 4 is 11.6 Å². The molecule has 1 fully saturated rings. The Morgan fingerprint density at radius 3 is 2.73 bits per heavy atom. The third kappa shape index (κ3) is 2.90. The van der Waals surface area contributed by atoms with Crippen molar-refractivity contribution in [3.05, 3.63) is 52.1 Å². The number of hydrogen-bond acceptors (Lipinski definition) is 2. The zero-order chi connectivity index (χ0) is 15.7. The Morgan fingerprint density at radius 1 is 1.32 bits per heavy atom. The average Bonchev–Trinajstić information content (AvgIpc) is 3.08.